The fourth-order valence-electron chi connectivity index (χ4n) is 2.81. The highest BCUT2D eigenvalue weighted by molar-refractivity contribution is 7.07. The van der Waals surface area contributed by atoms with E-state index in [1.807, 2.05) is 25.4 Å². The van der Waals surface area contributed by atoms with Crippen molar-refractivity contribution >= 4 is 28.2 Å². The lowest BCUT2D eigenvalue weighted by Gasteiger charge is -2.15. The maximum atomic E-state index is 4.75. The van der Waals surface area contributed by atoms with Crippen LogP contribution in [0.15, 0.2) is 47.5 Å². The number of hydrogen-bond donors (Lipinski definition) is 1. The summed E-state index contributed by atoms with van der Waals surface area (Å²) in [4.78, 5) is 13.5. The molecule has 6 nitrogen and oxygen atoms in total. The second-order valence-corrected chi connectivity index (χ2v) is 6.80. The predicted molar refractivity (Wildman–Crippen MR) is 101 cm³/mol. The number of thiophene rings is 1. The van der Waals surface area contributed by atoms with Crippen molar-refractivity contribution in [2.75, 3.05) is 5.32 Å². The molecule has 25 heavy (non-hydrogen) atoms. The highest BCUT2D eigenvalue weighted by Crippen LogP contribution is 2.25. The normalized spacial score (nSPS) is 12.4. The molecule has 0 spiro atoms. The van der Waals surface area contributed by atoms with Gasteiger partial charge in [0, 0.05) is 31.0 Å². The van der Waals surface area contributed by atoms with Gasteiger partial charge >= 0.3 is 0 Å². The van der Waals surface area contributed by atoms with Gasteiger partial charge in [0.05, 0.1) is 11.6 Å². The van der Waals surface area contributed by atoms with Crippen molar-refractivity contribution in [1.29, 1.82) is 0 Å². The zero-order chi connectivity index (χ0) is 17.2. The Morgan fingerprint density at radius 2 is 2.04 bits per heavy atom. The Balaban J connectivity index is 1.71. The first-order chi connectivity index (χ1) is 12.2. The summed E-state index contributed by atoms with van der Waals surface area (Å²) in [5, 5.41) is 13.1. The molecular weight excluding hydrogens is 332 g/mol. The monoisotopic (exact) mass is 350 g/mol. The van der Waals surface area contributed by atoms with Gasteiger partial charge in [0.2, 0.25) is 0 Å². The van der Waals surface area contributed by atoms with Crippen molar-refractivity contribution in [2.24, 2.45) is 7.05 Å². The van der Waals surface area contributed by atoms with Gasteiger partial charge in [0.15, 0.2) is 11.5 Å². The number of fused-ring (bicyclic) bond motifs is 1. The number of pyridine rings is 1. The molecule has 0 aliphatic heterocycles. The van der Waals surface area contributed by atoms with Crippen molar-refractivity contribution in [2.45, 2.75) is 19.4 Å². The third kappa shape index (κ3) is 3.23. The van der Waals surface area contributed by atoms with Gasteiger partial charge in [0.25, 0.3) is 0 Å². The zero-order valence-corrected chi connectivity index (χ0v) is 14.9. The quantitative estimate of drug-likeness (QED) is 0.596. The molecular formula is C18H18N6S. The van der Waals surface area contributed by atoms with E-state index in [4.69, 9.17) is 4.98 Å². The molecule has 4 aromatic rings. The molecule has 4 heterocycles. The molecule has 0 aromatic carbocycles. The van der Waals surface area contributed by atoms with Gasteiger partial charge in [-0.2, -0.15) is 16.4 Å². The number of nitrogens with one attached hydrogen (secondary N) is 1. The van der Waals surface area contributed by atoms with E-state index in [1.165, 1.54) is 5.56 Å². The molecule has 0 saturated heterocycles. The minimum Gasteiger partial charge on any atom is -0.367 e. The average Bonchev–Trinajstić information content (AvgIpc) is 3.26. The second kappa shape index (κ2) is 6.60. The maximum absolute atomic E-state index is 4.75. The fraction of sp³-hybridized carbons (Fsp3) is 0.222. The molecule has 1 N–H and O–H groups in total. The summed E-state index contributed by atoms with van der Waals surface area (Å²) in [5.74, 6) is 1.48. The smallest absolute Gasteiger partial charge is 0.164 e. The maximum Gasteiger partial charge on any atom is 0.164 e. The first kappa shape index (κ1) is 15.7. The number of aryl methyl sites for hydroxylation is 1. The third-order valence-corrected chi connectivity index (χ3v) is 4.77. The third-order valence-electron chi connectivity index (χ3n) is 4.04. The van der Waals surface area contributed by atoms with Gasteiger partial charge in [0.1, 0.15) is 5.82 Å². The molecule has 0 amide bonds. The lowest BCUT2D eigenvalue weighted by molar-refractivity contribution is 0.782. The van der Waals surface area contributed by atoms with Gasteiger partial charge in [-0.05, 0) is 47.9 Å². The van der Waals surface area contributed by atoms with Crippen LogP contribution in [0.25, 0.3) is 22.4 Å². The summed E-state index contributed by atoms with van der Waals surface area (Å²) < 4.78 is 1.77. The lowest BCUT2D eigenvalue weighted by atomic mass is 10.1. The Morgan fingerprint density at radius 1 is 1.20 bits per heavy atom. The van der Waals surface area contributed by atoms with Crippen LogP contribution < -0.4 is 5.32 Å². The van der Waals surface area contributed by atoms with Gasteiger partial charge in [-0.25, -0.2) is 9.97 Å². The van der Waals surface area contributed by atoms with Crippen molar-refractivity contribution in [3.05, 3.63) is 53.1 Å². The molecule has 0 bridgehead atoms. The largest absolute Gasteiger partial charge is 0.367 e. The second-order valence-electron chi connectivity index (χ2n) is 6.02. The molecule has 0 aliphatic carbocycles. The molecule has 126 valence electrons. The van der Waals surface area contributed by atoms with Gasteiger partial charge < -0.3 is 5.32 Å². The van der Waals surface area contributed by atoms with Crippen molar-refractivity contribution in [3.63, 3.8) is 0 Å². The topological polar surface area (TPSA) is 68.5 Å². The lowest BCUT2D eigenvalue weighted by Crippen LogP contribution is -2.19. The summed E-state index contributed by atoms with van der Waals surface area (Å²) >= 11 is 1.72. The van der Waals surface area contributed by atoms with E-state index in [1.54, 1.807) is 28.4 Å². The first-order valence-corrected chi connectivity index (χ1v) is 9.03. The van der Waals surface area contributed by atoms with E-state index >= 15 is 0 Å². The first-order valence-electron chi connectivity index (χ1n) is 8.08. The van der Waals surface area contributed by atoms with Crippen LogP contribution in [-0.4, -0.2) is 30.8 Å². The van der Waals surface area contributed by atoms with Crippen LogP contribution in [0.1, 0.15) is 12.5 Å². The minimum atomic E-state index is 0.248. The number of rotatable bonds is 5. The van der Waals surface area contributed by atoms with E-state index in [0.29, 0.717) is 5.82 Å². The highest BCUT2D eigenvalue weighted by atomic mass is 32.1. The van der Waals surface area contributed by atoms with Gasteiger partial charge in [-0.1, -0.05) is 0 Å². The molecule has 4 rings (SSSR count). The molecule has 1 atom stereocenters. The predicted octanol–water partition coefficient (Wildman–Crippen LogP) is 3.53. The molecule has 7 heteroatoms. The van der Waals surface area contributed by atoms with E-state index in [2.05, 4.69) is 44.1 Å². The van der Waals surface area contributed by atoms with Crippen LogP contribution in [0, 0.1) is 0 Å². The summed E-state index contributed by atoms with van der Waals surface area (Å²) in [6.07, 6.45) is 6.25. The summed E-state index contributed by atoms with van der Waals surface area (Å²) in [5.41, 5.74) is 3.08. The molecule has 0 saturated carbocycles. The van der Waals surface area contributed by atoms with E-state index in [0.717, 1.165) is 28.8 Å². The molecule has 0 radical (unpaired) electrons. The molecule has 0 fully saturated rings. The number of hydrogen-bond acceptors (Lipinski definition) is 6. The van der Waals surface area contributed by atoms with Crippen LogP contribution >= 0.6 is 11.3 Å². The summed E-state index contributed by atoms with van der Waals surface area (Å²) in [6.45, 7) is 2.16. The Bertz CT molecular complexity index is 978. The van der Waals surface area contributed by atoms with Crippen LogP contribution in [0.3, 0.4) is 0 Å². The van der Waals surface area contributed by atoms with Crippen LogP contribution in [0.4, 0.5) is 5.82 Å². The van der Waals surface area contributed by atoms with E-state index in [-0.39, 0.29) is 6.04 Å². The molecule has 0 aliphatic rings. The number of aromatic nitrogens is 5. The Morgan fingerprint density at radius 3 is 2.80 bits per heavy atom. The summed E-state index contributed by atoms with van der Waals surface area (Å²) in [7, 11) is 1.89. The van der Waals surface area contributed by atoms with Gasteiger partial charge in [-0.3, -0.25) is 9.67 Å². The Kier molecular flexibility index (Phi) is 4.15. The van der Waals surface area contributed by atoms with Crippen molar-refractivity contribution in [1.82, 2.24) is 24.7 Å². The van der Waals surface area contributed by atoms with Crippen LogP contribution in [-0.2, 0) is 13.5 Å². The Hall–Kier alpha value is -2.80. The molecule has 4 aromatic heterocycles. The Labute approximate surface area is 149 Å². The SMILES string of the molecule is CC(Cc1ccsc1)Nc1nc(-c2ccncc2)nc2c1cnn2C. The number of anilines is 1. The van der Waals surface area contributed by atoms with Crippen molar-refractivity contribution < 1.29 is 0 Å². The van der Waals surface area contributed by atoms with E-state index in [9.17, 15) is 0 Å². The standard InChI is InChI=1S/C18H18N6S/c1-12(9-13-5-8-25-11-13)21-17-15-10-20-24(2)18(15)23-16(22-17)14-3-6-19-7-4-14/h3-8,10-12H,9H2,1-2H3,(H,21,22,23). The number of nitrogens with zero attached hydrogens (tertiary/aromatic N) is 5. The summed E-state index contributed by atoms with van der Waals surface area (Å²) in [6, 6.07) is 6.23. The zero-order valence-electron chi connectivity index (χ0n) is 14.0. The highest BCUT2D eigenvalue weighted by Gasteiger charge is 2.15. The van der Waals surface area contributed by atoms with Crippen LogP contribution in [0.2, 0.25) is 0 Å². The van der Waals surface area contributed by atoms with Crippen LogP contribution in [0.5, 0.6) is 0 Å². The minimum absolute atomic E-state index is 0.248. The fourth-order valence-corrected chi connectivity index (χ4v) is 3.49. The van der Waals surface area contributed by atoms with E-state index < -0.39 is 0 Å². The molecule has 1 unspecified atom stereocenters. The van der Waals surface area contributed by atoms with Crippen molar-refractivity contribution in [3.8, 4) is 11.4 Å². The average molecular weight is 350 g/mol. The van der Waals surface area contributed by atoms with Gasteiger partial charge in [-0.15, -0.1) is 0 Å².